The molecule has 0 saturated heterocycles. The lowest BCUT2D eigenvalue weighted by molar-refractivity contribution is -0.133. The Morgan fingerprint density at radius 2 is 1.95 bits per heavy atom. The second kappa shape index (κ2) is 5.19. The van der Waals surface area contributed by atoms with E-state index in [0.717, 1.165) is 6.42 Å². The molecule has 1 heterocycles. The Balaban J connectivity index is 2.55. The van der Waals surface area contributed by atoms with Gasteiger partial charge < -0.3 is 15.3 Å². The Kier molecular flexibility index (Phi) is 4.22. The van der Waals surface area contributed by atoms with Crippen LogP contribution in [0.1, 0.15) is 47.5 Å². The van der Waals surface area contributed by atoms with Gasteiger partial charge in [0.05, 0.1) is 0 Å². The normalized spacial score (nSPS) is 19.6. The summed E-state index contributed by atoms with van der Waals surface area (Å²) in [6, 6.07) is 0. The van der Waals surface area contributed by atoms with Crippen LogP contribution in [0.25, 0.3) is 0 Å². The van der Waals surface area contributed by atoms with Gasteiger partial charge in [-0.3, -0.25) is 4.79 Å². The Bertz CT molecular complexity index is 407. The van der Waals surface area contributed by atoms with Crippen molar-refractivity contribution in [2.45, 2.75) is 59.1 Å². The van der Waals surface area contributed by atoms with Crippen LogP contribution in [0.5, 0.6) is 0 Å². The van der Waals surface area contributed by atoms with Gasteiger partial charge in [-0.15, -0.1) is 0 Å². The van der Waals surface area contributed by atoms with Crippen LogP contribution in [0.3, 0.4) is 0 Å². The van der Waals surface area contributed by atoms with Gasteiger partial charge in [0.2, 0.25) is 6.10 Å². The monoisotopic (exact) mass is 270 g/mol. The zero-order chi connectivity index (χ0) is 14.8. The minimum Gasteiger partial charge on any atom is -0.477 e. The predicted molar refractivity (Wildman–Crippen MR) is 70.9 cm³/mol. The number of hydrogen-bond acceptors (Lipinski definition) is 4. The number of carboxylic acid groups (broad SMARTS) is 1. The lowest BCUT2D eigenvalue weighted by Crippen LogP contribution is -2.49. The molecule has 1 atom stereocenters. The van der Waals surface area contributed by atoms with Crippen LogP contribution in [0, 0.1) is 5.41 Å². The molecule has 0 radical (unpaired) electrons. The van der Waals surface area contributed by atoms with Crippen LogP contribution in [0.2, 0.25) is 0 Å². The Morgan fingerprint density at radius 3 is 2.37 bits per heavy atom. The number of aliphatic carboxylic acids is 1. The van der Waals surface area contributed by atoms with Gasteiger partial charge in [0, 0.05) is 12.0 Å². The smallest absolute Gasteiger partial charge is 0.353 e. The summed E-state index contributed by atoms with van der Waals surface area (Å²) in [5, 5.41) is 15.0. The van der Waals surface area contributed by atoms with Gasteiger partial charge in [-0.05, 0) is 25.7 Å². The number of hydrogen-bond donors (Lipinski definition) is 2. The van der Waals surface area contributed by atoms with E-state index in [9.17, 15) is 9.59 Å². The highest BCUT2D eigenvalue weighted by molar-refractivity contribution is 6.36. The number of nitrogens with one attached hydrogen (secondary N) is 1. The number of nitrogens with zero attached hydrogens (tertiary/aromatic N) is 1. The van der Waals surface area contributed by atoms with Gasteiger partial charge in [0.25, 0.3) is 5.91 Å². The van der Waals surface area contributed by atoms with Crippen LogP contribution in [-0.4, -0.2) is 34.3 Å². The Hall–Kier alpha value is -1.59. The molecule has 0 aliphatic carbocycles. The van der Waals surface area contributed by atoms with E-state index in [4.69, 9.17) is 9.94 Å². The quantitative estimate of drug-likeness (QED) is 0.811. The fourth-order valence-corrected chi connectivity index (χ4v) is 2.43. The minimum absolute atomic E-state index is 0.00671. The third-order valence-electron chi connectivity index (χ3n) is 2.64. The summed E-state index contributed by atoms with van der Waals surface area (Å²) >= 11 is 0. The molecule has 0 fully saturated rings. The number of rotatable bonds is 4. The first-order valence-electron chi connectivity index (χ1n) is 6.28. The average molecular weight is 270 g/mol. The van der Waals surface area contributed by atoms with Gasteiger partial charge >= 0.3 is 5.97 Å². The average Bonchev–Trinajstić information content (AvgIpc) is 2.60. The van der Waals surface area contributed by atoms with Crippen molar-refractivity contribution >= 4 is 17.6 Å². The third kappa shape index (κ3) is 4.89. The molecule has 0 saturated carbocycles. The van der Waals surface area contributed by atoms with Crippen molar-refractivity contribution in [1.82, 2.24) is 5.32 Å². The molecule has 2 N–H and O–H groups in total. The topological polar surface area (TPSA) is 88.0 Å². The van der Waals surface area contributed by atoms with E-state index in [2.05, 4.69) is 31.2 Å². The van der Waals surface area contributed by atoms with Crippen LogP contribution in [-0.2, 0) is 14.4 Å². The molecule has 0 spiro atoms. The van der Waals surface area contributed by atoms with E-state index in [1.54, 1.807) is 0 Å². The fraction of sp³-hybridized carbons (Fsp3) is 0.769. The number of carbonyl (C=O) groups excluding carboxylic acids is 1. The molecule has 1 aliphatic heterocycles. The molecule has 1 rings (SSSR count). The highest BCUT2D eigenvalue weighted by atomic mass is 16.6. The maximum absolute atomic E-state index is 12.0. The highest BCUT2D eigenvalue weighted by Crippen LogP contribution is 2.27. The first kappa shape index (κ1) is 15.5. The zero-order valence-electron chi connectivity index (χ0n) is 12.1. The van der Waals surface area contributed by atoms with Crippen molar-refractivity contribution in [1.29, 1.82) is 0 Å². The molecule has 6 nitrogen and oxygen atoms in total. The van der Waals surface area contributed by atoms with Gasteiger partial charge in [0.15, 0.2) is 5.71 Å². The van der Waals surface area contributed by atoms with E-state index >= 15 is 0 Å². The molecule has 1 aliphatic rings. The van der Waals surface area contributed by atoms with Crippen LogP contribution in [0.15, 0.2) is 5.16 Å². The predicted octanol–water partition coefficient (Wildman–Crippen LogP) is 1.55. The van der Waals surface area contributed by atoms with Crippen molar-refractivity contribution in [3.05, 3.63) is 0 Å². The van der Waals surface area contributed by atoms with Gasteiger partial charge in [-0.25, -0.2) is 4.79 Å². The number of oxime groups is 1. The lowest BCUT2D eigenvalue weighted by atomic mass is 9.81. The van der Waals surface area contributed by atoms with Gasteiger partial charge in [-0.1, -0.05) is 25.9 Å². The second-order valence-corrected chi connectivity index (χ2v) is 6.75. The molecule has 0 aromatic heterocycles. The van der Waals surface area contributed by atoms with Crippen molar-refractivity contribution in [3.8, 4) is 0 Å². The van der Waals surface area contributed by atoms with Crippen molar-refractivity contribution in [2.24, 2.45) is 10.6 Å². The van der Waals surface area contributed by atoms with Gasteiger partial charge in [0.1, 0.15) is 0 Å². The Morgan fingerprint density at radius 1 is 1.37 bits per heavy atom. The molecule has 108 valence electrons. The van der Waals surface area contributed by atoms with Crippen LogP contribution >= 0.6 is 0 Å². The maximum atomic E-state index is 12.0. The summed E-state index contributed by atoms with van der Waals surface area (Å²) in [6.45, 7) is 10.2. The Labute approximate surface area is 113 Å². The van der Waals surface area contributed by atoms with Gasteiger partial charge in [-0.2, -0.15) is 0 Å². The molecule has 0 aromatic carbocycles. The SMILES string of the molecule is CC(C)(C)CC(C)(C)NC(=O)C1CC(C(=O)O)=NO1. The summed E-state index contributed by atoms with van der Waals surface area (Å²) < 4.78 is 0. The number of carboxylic acids is 1. The van der Waals surface area contributed by atoms with E-state index in [1.807, 2.05) is 13.8 Å². The first-order chi connectivity index (χ1) is 8.50. The van der Waals surface area contributed by atoms with E-state index in [0.29, 0.717) is 0 Å². The molecule has 6 heteroatoms. The minimum atomic E-state index is -1.15. The van der Waals surface area contributed by atoms with Crippen LogP contribution in [0.4, 0.5) is 0 Å². The summed E-state index contributed by atoms with van der Waals surface area (Å²) in [5.41, 5.74) is -0.422. The molecule has 19 heavy (non-hydrogen) atoms. The zero-order valence-corrected chi connectivity index (χ0v) is 12.1. The van der Waals surface area contributed by atoms with E-state index in [1.165, 1.54) is 0 Å². The van der Waals surface area contributed by atoms with Crippen LogP contribution < -0.4 is 5.32 Å². The van der Waals surface area contributed by atoms with E-state index < -0.39 is 12.1 Å². The molecule has 1 amide bonds. The second-order valence-electron chi connectivity index (χ2n) is 6.75. The third-order valence-corrected chi connectivity index (χ3v) is 2.64. The largest absolute Gasteiger partial charge is 0.477 e. The van der Waals surface area contributed by atoms with Crippen molar-refractivity contribution < 1.29 is 19.5 Å². The fourth-order valence-electron chi connectivity index (χ4n) is 2.43. The first-order valence-corrected chi connectivity index (χ1v) is 6.28. The molecular weight excluding hydrogens is 248 g/mol. The van der Waals surface area contributed by atoms with Crippen molar-refractivity contribution in [2.75, 3.05) is 0 Å². The standard InChI is InChI=1S/C13H22N2O4/c1-12(2,3)7-13(4,5)14-10(16)9-6-8(11(17)18)15-19-9/h9H,6-7H2,1-5H3,(H,14,16)(H,17,18). The summed E-state index contributed by atoms with van der Waals surface area (Å²) in [4.78, 5) is 27.6. The maximum Gasteiger partial charge on any atom is 0.353 e. The highest BCUT2D eigenvalue weighted by Gasteiger charge is 2.35. The summed E-state index contributed by atoms with van der Waals surface area (Å²) in [7, 11) is 0. The van der Waals surface area contributed by atoms with E-state index in [-0.39, 0.29) is 29.0 Å². The number of amides is 1. The summed E-state index contributed by atoms with van der Waals surface area (Å²) in [5.74, 6) is -1.47. The molecule has 0 bridgehead atoms. The summed E-state index contributed by atoms with van der Waals surface area (Å²) in [6.07, 6.45) is -0.0388. The number of carbonyl (C=O) groups is 2. The lowest BCUT2D eigenvalue weighted by Gasteiger charge is -2.33. The van der Waals surface area contributed by atoms with Crippen molar-refractivity contribution in [3.63, 3.8) is 0 Å². The molecular formula is C13H22N2O4. The molecule has 1 unspecified atom stereocenters. The molecule has 0 aromatic rings.